The van der Waals surface area contributed by atoms with Gasteiger partial charge in [0.05, 0.1) is 24.8 Å². The lowest BCUT2D eigenvalue weighted by atomic mass is 10.1. The highest BCUT2D eigenvalue weighted by Crippen LogP contribution is 2.16. The minimum atomic E-state index is -0.0325. The number of hydrogen-bond donors (Lipinski definition) is 2. The average Bonchev–Trinajstić information content (AvgIpc) is 3.00. The summed E-state index contributed by atoms with van der Waals surface area (Å²) < 4.78 is 7.59. The number of nitrogens with one attached hydrogen (secondary N) is 2. The highest BCUT2D eigenvalue weighted by atomic mass is 16.5. The number of ether oxygens (including phenoxy) is 1. The topological polar surface area (TPSA) is 68.2 Å². The summed E-state index contributed by atoms with van der Waals surface area (Å²) >= 11 is 0. The summed E-state index contributed by atoms with van der Waals surface area (Å²) in [6.07, 6.45) is 4.06. The second kappa shape index (κ2) is 7.39. The second-order valence-electron chi connectivity index (χ2n) is 5.65. The Morgan fingerprint density at radius 1 is 1.48 bits per heavy atom. The third kappa shape index (κ3) is 3.97. The van der Waals surface area contributed by atoms with Gasteiger partial charge >= 0.3 is 0 Å². The van der Waals surface area contributed by atoms with Gasteiger partial charge in [-0.15, -0.1) is 0 Å². The second-order valence-corrected chi connectivity index (χ2v) is 5.65. The van der Waals surface area contributed by atoms with Crippen LogP contribution in [-0.4, -0.2) is 41.3 Å². The molecular weight excluding hydrogens is 292 g/mol. The first-order valence-corrected chi connectivity index (χ1v) is 7.91. The van der Waals surface area contributed by atoms with Gasteiger partial charge in [0.1, 0.15) is 5.82 Å². The van der Waals surface area contributed by atoms with Gasteiger partial charge in [-0.2, -0.15) is 0 Å². The van der Waals surface area contributed by atoms with Gasteiger partial charge in [0.15, 0.2) is 0 Å². The average molecular weight is 314 g/mol. The summed E-state index contributed by atoms with van der Waals surface area (Å²) in [5.74, 6) is 0.932. The fraction of sp³-hybridized carbons (Fsp3) is 0.412. The SMILES string of the molecule is Cc1nccn1-c1ccccc1CNC(=O)C[C@@H]1CNCCO1. The van der Waals surface area contributed by atoms with Gasteiger partial charge in [0.2, 0.25) is 5.91 Å². The van der Waals surface area contributed by atoms with E-state index < -0.39 is 0 Å². The highest BCUT2D eigenvalue weighted by Gasteiger charge is 2.17. The Morgan fingerprint density at radius 3 is 3.09 bits per heavy atom. The van der Waals surface area contributed by atoms with E-state index >= 15 is 0 Å². The molecule has 0 saturated carbocycles. The Hall–Kier alpha value is -2.18. The molecule has 0 radical (unpaired) electrons. The molecule has 2 aromatic rings. The molecule has 1 saturated heterocycles. The molecule has 0 bridgehead atoms. The number of aromatic nitrogens is 2. The van der Waals surface area contributed by atoms with Gasteiger partial charge in [-0.25, -0.2) is 4.98 Å². The molecule has 1 fully saturated rings. The zero-order valence-corrected chi connectivity index (χ0v) is 13.3. The van der Waals surface area contributed by atoms with Gasteiger partial charge in [0.25, 0.3) is 0 Å². The van der Waals surface area contributed by atoms with E-state index in [0.717, 1.165) is 30.2 Å². The molecule has 23 heavy (non-hydrogen) atoms. The van der Waals surface area contributed by atoms with E-state index in [4.69, 9.17) is 4.74 Å². The number of amides is 1. The number of benzene rings is 1. The monoisotopic (exact) mass is 314 g/mol. The quantitative estimate of drug-likeness (QED) is 0.869. The number of aryl methyl sites for hydroxylation is 1. The number of morpholine rings is 1. The van der Waals surface area contributed by atoms with Crippen molar-refractivity contribution in [3.05, 3.63) is 48.0 Å². The first-order valence-electron chi connectivity index (χ1n) is 7.91. The zero-order valence-electron chi connectivity index (χ0n) is 13.3. The van der Waals surface area contributed by atoms with Crippen molar-refractivity contribution in [1.29, 1.82) is 0 Å². The smallest absolute Gasteiger partial charge is 0.222 e. The van der Waals surface area contributed by atoms with Gasteiger partial charge in [-0.05, 0) is 18.6 Å². The predicted molar refractivity (Wildman–Crippen MR) is 87.4 cm³/mol. The molecule has 1 aromatic carbocycles. The molecule has 3 rings (SSSR count). The highest BCUT2D eigenvalue weighted by molar-refractivity contribution is 5.76. The summed E-state index contributed by atoms with van der Waals surface area (Å²) in [5.41, 5.74) is 2.10. The summed E-state index contributed by atoms with van der Waals surface area (Å²) in [4.78, 5) is 16.4. The molecule has 1 atom stereocenters. The molecule has 2 heterocycles. The van der Waals surface area contributed by atoms with Crippen LogP contribution >= 0.6 is 0 Å². The Balaban J connectivity index is 1.62. The number of nitrogens with zero attached hydrogens (tertiary/aromatic N) is 2. The number of imidazole rings is 1. The van der Waals surface area contributed by atoms with Crippen molar-refractivity contribution in [3.8, 4) is 5.69 Å². The van der Waals surface area contributed by atoms with Gasteiger partial charge in [-0.1, -0.05) is 18.2 Å². The van der Waals surface area contributed by atoms with E-state index in [1.165, 1.54) is 0 Å². The fourth-order valence-electron chi connectivity index (χ4n) is 2.75. The number of rotatable bonds is 5. The first kappa shape index (κ1) is 15.7. The third-order valence-corrected chi connectivity index (χ3v) is 3.97. The van der Waals surface area contributed by atoms with E-state index in [0.29, 0.717) is 19.6 Å². The maximum atomic E-state index is 12.1. The molecule has 6 nitrogen and oxygen atoms in total. The molecular formula is C17H22N4O2. The van der Waals surface area contributed by atoms with Crippen molar-refractivity contribution in [2.24, 2.45) is 0 Å². The van der Waals surface area contributed by atoms with Crippen LogP contribution in [0, 0.1) is 6.92 Å². The zero-order chi connectivity index (χ0) is 16.1. The van der Waals surface area contributed by atoms with Crippen LogP contribution in [0.1, 0.15) is 17.8 Å². The molecule has 1 aromatic heterocycles. The third-order valence-electron chi connectivity index (χ3n) is 3.97. The normalized spacial score (nSPS) is 17.9. The molecule has 0 unspecified atom stereocenters. The van der Waals surface area contributed by atoms with Crippen LogP contribution in [0.5, 0.6) is 0 Å². The largest absolute Gasteiger partial charge is 0.375 e. The lowest BCUT2D eigenvalue weighted by molar-refractivity contribution is -0.124. The summed E-state index contributed by atoms with van der Waals surface area (Å²) in [7, 11) is 0. The maximum Gasteiger partial charge on any atom is 0.222 e. The van der Waals surface area contributed by atoms with E-state index in [1.54, 1.807) is 6.20 Å². The van der Waals surface area contributed by atoms with Crippen LogP contribution in [-0.2, 0) is 16.1 Å². The minimum absolute atomic E-state index is 0.0101. The van der Waals surface area contributed by atoms with Crippen LogP contribution in [0.15, 0.2) is 36.7 Å². The van der Waals surface area contributed by atoms with E-state index in [9.17, 15) is 4.79 Å². The predicted octanol–water partition coefficient (Wildman–Crippen LogP) is 1.18. The molecule has 1 aliphatic heterocycles. The number of hydrogen-bond acceptors (Lipinski definition) is 4. The Morgan fingerprint density at radius 2 is 2.35 bits per heavy atom. The van der Waals surface area contributed by atoms with E-state index in [1.807, 2.05) is 42.0 Å². The molecule has 2 N–H and O–H groups in total. The number of carbonyl (C=O) groups is 1. The van der Waals surface area contributed by atoms with Gasteiger partial charge < -0.3 is 19.9 Å². The molecule has 1 amide bonds. The van der Waals surface area contributed by atoms with E-state index in [2.05, 4.69) is 15.6 Å². The summed E-state index contributed by atoms with van der Waals surface area (Å²) in [6, 6.07) is 8.02. The van der Waals surface area contributed by atoms with E-state index in [-0.39, 0.29) is 12.0 Å². The Bertz CT molecular complexity index is 662. The van der Waals surface area contributed by atoms with Crippen molar-refractivity contribution in [1.82, 2.24) is 20.2 Å². The van der Waals surface area contributed by atoms with Gasteiger partial charge in [-0.3, -0.25) is 4.79 Å². The summed E-state index contributed by atoms with van der Waals surface area (Å²) in [6.45, 7) is 4.71. The molecule has 1 aliphatic rings. The number of carbonyl (C=O) groups excluding carboxylic acids is 1. The fourth-order valence-corrected chi connectivity index (χ4v) is 2.75. The number of para-hydroxylation sites is 1. The van der Waals surface area contributed by atoms with Crippen LogP contribution in [0.2, 0.25) is 0 Å². The van der Waals surface area contributed by atoms with Crippen molar-refractivity contribution in [2.75, 3.05) is 19.7 Å². The standard InChI is InChI=1S/C17H22N4O2/c1-13-19-6-8-21(13)16-5-3-2-4-14(16)11-20-17(22)10-15-12-18-7-9-23-15/h2-6,8,15,18H,7,9-12H2,1H3,(H,20,22)/t15-/m1/s1. The summed E-state index contributed by atoms with van der Waals surface area (Å²) in [5, 5.41) is 6.22. The molecule has 6 heteroatoms. The lowest BCUT2D eigenvalue weighted by Crippen LogP contribution is -2.41. The van der Waals surface area contributed by atoms with Crippen molar-refractivity contribution < 1.29 is 9.53 Å². The maximum absolute atomic E-state index is 12.1. The Labute approximate surface area is 135 Å². The minimum Gasteiger partial charge on any atom is -0.375 e. The van der Waals surface area contributed by atoms with Gasteiger partial charge in [0, 0.05) is 32.0 Å². The van der Waals surface area contributed by atoms with Crippen LogP contribution < -0.4 is 10.6 Å². The molecule has 0 spiro atoms. The van der Waals surface area contributed by atoms with Crippen molar-refractivity contribution in [3.63, 3.8) is 0 Å². The lowest BCUT2D eigenvalue weighted by Gasteiger charge is -2.23. The molecule has 0 aliphatic carbocycles. The molecule has 122 valence electrons. The first-order chi connectivity index (χ1) is 11.2. The van der Waals surface area contributed by atoms with Crippen molar-refractivity contribution in [2.45, 2.75) is 26.0 Å². The van der Waals surface area contributed by atoms with Crippen molar-refractivity contribution >= 4 is 5.91 Å². The van der Waals surface area contributed by atoms with Crippen LogP contribution in [0.3, 0.4) is 0 Å². The Kier molecular flexibility index (Phi) is 5.05. The van der Waals surface area contributed by atoms with Crippen LogP contribution in [0.4, 0.5) is 0 Å². The van der Waals surface area contributed by atoms with Crippen LogP contribution in [0.25, 0.3) is 5.69 Å².